The van der Waals surface area contributed by atoms with Crippen LogP contribution in [-0.2, 0) is 6.42 Å². The molecule has 0 aliphatic carbocycles. The van der Waals surface area contributed by atoms with E-state index in [1.807, 2.05) is 0 Å². The van der Waals surface area contributed by atoms with Crippen molar-refractivity contribution >= 4 is 5.69 Å². The second-order valence-electron chi connectivity index (χ2n) is 6.68. The van der Waals surface area contributed by atoms with Crippen LogP contribution in [0, 0.1) is 5.41 Å². The number of hydrogen-bond acceptors (Lipinski definition) is 2. The zero-order chi connectivity index (χ0) is 13.3. The molecular weight excluding hydrogens is 220 g/mol. The smallest absolute Gasteiger partial charge is 0.0429 e. The Morgan fingerprint density at radius 2 is 2.00 bits per heavy atom. The van der Waals surface area contributed by atoms with Crippen LogP contribution in [0.15, 0.2) is 24.3 Å². The minimum Gasteiger partial charge on any atom is -0.380 e. The summed E-state index contributed by atoms with van der Waals surface area (Å²) in [6.45, 7) is 10.4. The van der Waals surface area contributed by atoms with E-state index >= 15 is 0 Å². The van der Waals surface area contributed by atoms with E-state index in [0.29, 0.717) is 17.5 Å². The Bertz CT molecular complexity index is 381. The van der Waals surface area contributed by atoms with Crippen LogP contribution in [-0.4, -0.2) is 30.6 Å². The predicted molar refractivity (Wildman–Crippen MR) is 79.1 cm³/mol. The molecule has 100 valence electrons. The molecule has 1 aromatic rings. The molecule has 0 saturated heterocycles. The van der Waals surface area contributed by atoms with Crippen LogP contribution in [0.1, 0.15) is 33.3 Å². The number of benzene rings is 1. The van der Waals surface area contributed by atoms with Crippen LogP contribution in [0.3, 0.4) is 0 Å². The summed E-state index contributed by atoms with van der Waals surface area (Å²) in [7, 11) is 2.24. The van der Waals surface area contributed by atoms with Gasteiger partial charge >= 0.3 is 0 Å². The molecule has 1 N–H and O–H groups in total. The van der Waals surface area contributed by atoms with Crippen molar-refractivity contribution in [2.75, 3.05) is 18.9 Å². The van der Waals surface area contributed by atoms with E-state index in [0.717, 1.165) is 13.0 Å². The molecule has 1 heterocycles. The average Bonchev–Trinajstić information content (AvgIpc) is 2.68. The zero-order valence-electron chi connectivity index (χ0n) is 12.3. The van der Waals surface area contributed by atoms with E-state index in [9.17, 15) is 0 Å². The molecule has 0 radical (unpaired) electrons. The highest BCUT2D eigenvalue weighted by molar-refractivity contribution is 5.56. The SMILES string of the molecule is CC(N(C)CC1Cc2ccccc2N1)C(C)(C)C. The number of likely N-dealkylation sites (N-methyl/N-ethyl adjacent to an activating group) is 1. The van der Waals surface area contributed by atoms with Crippen LogP contribution in [0.4, 0.5) is 5.69 Å². The van der Waals surface area contributed by atoms with Crippen LogP contribution in [0.5, 0.6) is 0 Å². The molecule has 0 saturated carbocycles. The molecule has 2 unspecified atom stereocenters. The third kappa shape index (κ3) is 2.86. The van der Waals surface area contributed by atoms with Gasteiger partial charge < -0.3 is 10.2 Å². The van der Waals surface area contributed by atoms with Gasteiger partial charge in [0, 0.05) is 24.3 Å². The Morgan fingerprint density at radius 3 is 2.61 bits per heavy atom. The largest absolute Gasteiger partial charge is 0.380 e. The quantitative estimate of drug-likeness (QED) is 0.879. The summed E-state index contributed by atoms with van der Waals surface area (Å²) in [4.78, 5) is 2.48. The second-order valence-corrected chi connectivity index (χ2v) is 6.68. The van der Waals surface area contributed by atoms with Crippen LogP contribution in [0.2, 0.25) is 0 Å². The lowest BCUT2D eigenvalue weighted by molar-refractivity contribution is 0.137. The summed E-state index contributed by atoms with van der Waals surface area (Å²) in [6, 6.07) is 9.79. The van der Waals surface area contributed by atoms with E-state index in [2.05, 4.69) is 69.2 Å². The van der Waals surface area contributed by atoms with E-state index in [1.54, 1.807) is 0 Å². The predicted octanol–water partition coefficient (Wildman–Crippen LogP) is 3.39. The number of fused-ring (bicyclic) bond motifs is 1. The first kappa shape index (κ1) is 13.4. The van der Waals surface area contributed by atoms with Crippen molar-refractivity contribution in [2.45, 2.75) is 46.2 Å². The minimum absolute atomic E-state index is 0.334. The summed E-state index contributed by atoms with van der Waals surface area (Å²) in [6.07, 6.45) is 1.15. The average molecular weight is 246 g/mol. The van der Waals surface area contributed by atoms with E-state index in [4.69, 9.17) is 0 Å². The fourth-order valence-electron chi connectivity index (χ4n) is 2.65. The Labute approximate surface area is 111 Å². The molecule has 2 nitrogen and oxygen atoms in total. The third-order valence-electron chi connectivity index (χ3n) is 4.27. The zero-order valence-corrected chi connectivity index (χ0v) is 12.3. The first-order chi connectivity index (χ1) is 8.38. The highest BCUT2D eigenvalue weighted by Gasteiger charge is 2.27. The van der Waals surface area contributed by atoms with E-state index in [1.165, 1.54) is 11.3 Å². The summed E-state index contributed by atoms with van der Waals surface area (Å²) >= 11 is 0. The van der Waals surface area contributed by atoms with Gasteiger partial charge in [0.25, 0.3) is 0 Å². The summed E-state index contributed by atoms with van der Waals surface area (Å²) in [5, 5.41) is 3.63. The fraction of sp³-hybridized carbons (Fsp3) is 0.625. The Kier molecular flexibility index (Phi) is 3.67. The van der Waals surface area contributed by atoms with Crippen molar-refractivity contribution in [3.8, 4) is 0 Å². The van der Waals surface area contributed by atoms with Crippen molar-refractivity contribution in [1.29, 1.82) is 0 Å². The van der Waals surface area contributed by atoms with Gasteiger partial charge in [0.1, 0.15) is 0 Å². The maximum absolute atomic E-state index is 3.63. The lowest BCUT2D eigenvalue weighted by Crippen LogP contribution is -2.44. The number of para-hydroxylation sites is 1. The normalized spacial score (nSPS) is 20.7. The molecule has 1 aliphatic rings. The van der Waals surface area contributed by atoms with Crippen molar-refractivity contribution in [2.24, 2.45) is 5.41 Å². The molecule has 0 spiro atoms. The fourth-order valence-corrected chi connectivity index (χ4v) is 2.65. The lowest BCUT2D eigenvalue weighted by atomic mass is 9.87. The lowest BCUT2D eigenvalue weighted by Gasteiger charge is -2.36. The summed E-state index contributed by atoms with van der Waals surface area (Å²) < 4.78 is 0. The molecule has 18 heavy (non-hydrogen) atoms. The maximum atomic E-state index is 3.63. The van der Waals surface area contributed by atoms with Gasteiger partial charge in [0.15, 0.2) is 0 Å². The summed E-state index contributed by atoms with van der Waals surface area (Å²) in [5.41, 5.74) is 3.11. The van der Waals surface area contributed by atoms with Gasteiger partial charge in [-0.1, -0.05) is 39.0 Å². The van der Waals surface area contributed by atoms with Gasteiger partial charge in [-0.15, -0.1) is 0 Å². The maximum Gasteiger partial charge on any atom is 0.0429 e. The van der Waals surface area contributed by atoms with Gasteiger partial charge in [0.05, 0.1) is 0 Å². The van der Waals surface area contributed by atoms with Gasteiger partial charge in [0.2, 0.25) is 0 Å². The van der Waals surface area contributed by atoms with Crippen molar-refractivity contribution in [3.05, 3.63) is 29.8 Å². The molecule has 2 heteroatoms. The standard InChI is InChI=1S/C16H26N2/c1-12(16(2,3)4)18(5)11-14-10-13-8-6-7-9-15(13)17-14/h6-9,12,14,17H,10-11H2,1-5H3. The van der Waals surface area contributed by atoms with Crippen LogP contribution >= 0.6 is 0 Å². The molecular formula is C16H26N2. The van der Waals surface area contributed by atoms with Crippen molar-refractivity contribution in [1.82, 2.24) is 4.90 Å². The first-order valence-electron chi connectivity index (χ1n) is 6.92. The summed E-state index contributed by atoms with van der Waals surface area (Å²) in [5.74, 6) is 0. The molecule has 2 rings (SSSR count). The molecule has 0 fully saturated rings. The molecule has 0 aromatic heterocycles. The van der Waals surface area contributed by atoms with Crippen molar-refractivity contribution in [3.63, 3.8) is 0 Å². The Morgan fingerprint density at radius 1 is 1.33 bits per heavy atom. The Hall–Kier alpha value is -1.02. The van der Waals surface area contributed by atoms with E-state index < -0.39 is 0 Å². The second kappa shape index (κ2) is 4.93. The molecule has 0 amide bonds. The molecule has 2 atom stereocenters. The number of hydrogen-bond donors (Lipinski definition) is 1. The van der Waals surface area contributed by atoms with Gasteiger partial charge in [-0.25, -0.2) is 0 Å². The topological polar surface area (TPSA) is 15.3 Å². The third-order valence-corrected chi connectivity index (χ3v) is 4.27. The van der Waals surface area contributed by atoms with Crippen LogP contribution < -0.4 is 5.32 Å². The molecule has 1 aliphatic heterocycles. The van der Waals surface area contributed by atoms with Gasteiger partial charge in [-0.3, -0.25) is 0 Å². The van der Waals surface area contributed by atoms with Crippen molar-refractivity contribution < 1.29 is 0 Å². The number of anilines is 1. The minimum atomic E-state index is 0.334. The number of nitrogens with one attached hydrogen (secondary N) is 1. The van der Waals surface area contributed by atoms with Gasteiger partial charge in [-0.05, 0) is 37.4 Å². The van der Waals surface area contributed by atoms with Crippen LogP contribution in [0.25, 0.3) is 0 Å². The molecule has 1 aromatic carbocycles. The first-order valence-corrected chi connectivity index (χ1v) is 6.92. The van der Waals surface area contributed by atoms with E-state index in [-0.39, 0.29) is 0 Å². The molecule has 0 bridgehead atoms. The number of nitrogens with zero attached hydrogens (tertiary/aromatic N) is 1. The van der Waals surface area contributed by atoms with Gasteiger partial charge in [-0.2, -0.15) is 0 Å². The highest BCUT2D eigenvalue weighted by atomic mass is 15.2. The highest BCUT2D eigenvalue weighted by Crippen LogP contribution is 2.27. The Balaban J connectivity index is 1.94. The number of rotatable bonds is 3. The monoisotopic (exact) mass is 246 g/mol.